The Balaban J connectivity index is 2.26. The number of hydrogen-bond acceptors (Lipinski definition) is 2. The Labute approximate surface area is 87.3 Å². The molecule has 82 valence electrons. The van der Waals surface area contributed by atoms with E-state index in [0.29, 0.717) is 5.41 Å². The summed E-state index contributed by atoms with van der Waals surface area (Å²) in [5.41, 5.74) is 0.322. The number of hydrogen-bond donors (Lipinski definition) is 0. The monoisotopic (exact) mass is 198 g/mol. The van der Waals surface area contributed by atoms with Gasteiger partial charge in [-0.2, -0.15) is 0 Å². The molecule has 0 N–H and O–H groups in total. The highest BCUT2D eigenvalue weighted by molar-refractivity contribution is 4.82. The van der Waals surface area contributed by atoms with Crippen LogP contribution in [-0.4, -0.2) is 19.5 Å². The number of ether oxygens (including phenoxy) is 2. The Kier molecular flexibility index (Phi) is 4.63. The molecule has 1 saturated heterocycles. The predicted octanol–water partition coefficient (Wildman–Crippen LogP) is 3.13. The molecule has 0 amide bonds. The SMILES string of the molecule is C=CCCC[C@@]1(C)CO[C@@H](OCC)C1. The lowest BCUT2D eigenvalue weighted by atomic mass is 9.84. The van der Waals surface area contributed by atoms with Gasteiger partial charge in [0, 0.05) is 13.0 Å². The molecule has 1 aliphatic rings. The lowest BCUT2D eigenvalue weighted by Crippen LogP contribution is -2.17. The Bertz CT molecular complexity index is 179. The van der Waals surface area contributed by atoms with Crippen LogP contribution in [0.3, 0.4) is 0 Å². The van der Waals surface area contributed by atoms with Gasteiger partial charge in [0.05, 0.1) is 6.61 Å². The van der Waals surface area contributed by atoms with Gasteiger partial charge < -0.3 is 9.47 Å². The van der Waals surface area contributed by atoms with Crippen LogP contribution in [0.5, 0.6) is 0 Å². The minimum atomic E-state index is 0.0359. The van der Waals surface area contributed by atoms with E-state index >= 15 is 0 Å². The molecule has 2 heteroatoms. The Morgan fingerprint density at radius 3 is 3.07 bits per heavy atom. The van der Waals surface area contributed by atoms with Crippen molar-refractivity contribution in [3.8, 4) is 0 Å². The molecule has 0 aliphatic carbocycles. The first-order valence-electron chi connectivity index (χ1n) is 5.54. The number of unbranched alkanes of at least 4 members (excludes halogenated alkanes) is 1. The largest absolute Gasteiger partial charge is 0.353 e. The standard InChI is InChI=1S/C12H22O2/c1-4-6-7-8-12(3)9-11(13-5-2)14-10-12/h4,11H,1,5-10H2,2-3H3/t11-,12-/m1/s1. The van der Waals surface area contributed by atoms with Crippen molar-refractivity contribution >= 4 is 0 Å². The minimum absolute atomic E-state index is 0.0359. The molecule has 2 atom stereocenters. The van der Waals surface area contributed by atoms with E-state index in [1.807, 2.05) is 13.0 Å². The molecule has 1 rings (SSSR count). The van der Waals surface area contributed by atoms with Crippen LogP contribution in [0, 0.1) is 5.41 Å². The third-order valence-corrected chi connectivity index (χ3v) is 2.82. The topological polar surface area (TPSA) is 18.5 Å². The van der Waals surface area contributed by atoms with Gasteiger partial charge in [-0.05, 0) is 31.6 Å². The summed E-state index contributed by atoms with van der Waals surface area (Å²) in [6, 6.07) is 0. The predicted molar refractivity (Wildman–Crippen MR) is 58.1 cm³/mol. The van der Waals surface area contributed by atoms with Gasteiger partial charge in [-0.25, -0.2) is 0 Å². The van der Waals surface area contributed by atoms with E-state index in [1.54, 1.807) is 0 Å². The molecule has 0 aromatic rings. The number of rotatable bonds is 6. The van der Waals surface area contributed by atoms with Crippen LogP contribution in [0.25, 0.3) is 0 Å². The van der Waals surface area contributed by atoms with E-state index in [4.69, 9.17) is 9.47 Å². The maximum absolute atomic E-state index is 5.59. The third-order valence-electron chi connectivity index (χ3n) is 2.82. The molecule has 0 bridgehead atoms. The molecule has 14 heavy (non-hydrogen) atoms. The van der Waals surface area contributed by atoms with Gasteiger partial charge >= 0.3 is 0 Å². The van der Waals surface area contributed by atoms with Crippen molar-refractivity contribution in [2.75, 3.05) is 13.2 Å². The first kappa shape index (κ1) is 11.7. The summed E-state index contributed by atoms with van der Waals surface area (Å²) in [6.45, 7) is 9.62. The first-order valence-corrected chi connectivity index (χ1v) is 5.54. The van der Waals surface area contributed by atoms with Crippen LogP contribution < -0.4 is 0 Å². The molecular weight excluding hydrogens is 176 g/mol. The quantitative estimate of drug-likeness (QED) is 0.482. The van der Waals surface area contributed by atoms with Crippen LogP contribution in [0.2, 0.25) is 0 Å². The van der Waals surface area contributed by atoms with Crippen molar-refractivity contribution < 1.29 is 9.47 Å². The first-order chi connectivity index (χ1) is 6.70. The van der Waals surface area contributed by atoms with Crippen LogP contribution in [-0.2, 0) is 9.47 Å². The van der Waals surface area contributed by atoms with Gasteiger partial charge in [0.15, 0.2) is 6.29 Å². The molecule has 1 aliphatic heterocycles. The van der Waals surface area contributed by atoms with Gasteiger partial charge in [0.1, 0.15) is 0 Å². The Morgan fingerprint density at radius 2 is 2.43 bits per heavy atom. The third kappa shape index (κ3) is 3.43. The fourth-order valence-corrected chi connectivity index (χ4v) is 1.95. The van der Waals surface area contributed by atoms with Gasteiger partial charge in [0.25, 0.3) is 0 Å². The van der Waals surface area contributed by atoms with Gasteiger partial charge in [0.2, 0.25) is 0 Å². The van der Waals surface area contributed by atoms with Gasteiger partial charge in [-0.1, -0.05) is 13.0 Å². The van der Waals surface area contributed by atoms with Gasteiger partial charge in [-0.3, -0.25) is 0 Å². The van der Waals surface area contributed by atoms with Crippen LogP contribution >= 0.6 is 0 Å². The van der Waals surface area contributed by atoms with Crippen molar-refractivity contribution in [2.24, 2.45) is 5.41 Å². The minimum Gasteiger partial charge on any atom is -0.353 e. The maximum atomic E-state index is 5.59. The summed E-state index contributed by atoms with van der Waals surface area (Å²) in [5.74, 6) is 0. The average molecular weight is 198 g/mol. The van der Waals surface area contributed by atoms with Crippen LogP contribution in [0.15, 0.2) is 12.7 Å². The van der Waals surface area contributed by atoms with Gasteiger partial charge in [-0.15, -0.1) is 6.58 Å². The average Bonchev–Trinajstić information content (AvgIpc) is 2.49. The van der Waals surface area contributed by atoms with E-state index in [9.17, 15) is 0 Å². The summed E-state index contributed by atoms with van der Waals surface area (Å²) >= 11 is 0. The zero-order valence-corrected chi connectivity index (χ0v) is 9.42. The summed E-state index contributed by atoms with van der Waals surface area (Å²) in [6.07, 6.45) is 6.59. The Morgan fingerprint density at radius 1 is 1.64 bits per heavy atom. The number of allylic oxidation sites excluding steroid dienone is 1. The molecule has 1 fully saturated rings. The van der Waals surface area contributed by atoms with E-state index < -0.39 is 0 Å². The molecule has 0 spiro atoms. The highest BCUT2D eigenvalue weighted by atomic mass is 16.7. The molecule has 0 unspecified atom stereocenters. The fraction of sp³-hybridized carbons (Fsp3) is 0.833. The van der Waals surface area contributed by atoms with Crippen LogP contribution in [0.1, 0.15) is 39.5 Å². The Hall–Kier alpha value is -0.340. The molecule has 0 saturated carbocycles. The van der Waals surface area contributed by atoms with E-state index in [-0.39, 0.29) is 6.29 Å². The van der Waals surface area contributed by atoms with Crippen LogP contribution in [0.4, 0.5) is 0 Å². The second-order valence-corrected chi connectivity index (χ2v) is 4.39. The molecule has 2 nitrogen and oxygen atoms in total. The van der Waals surface area contributed by atoms with E-state index in [0.717, 1.165) is 26.1 Å². The summed E-state index contributed by atoms with van der Waals surface area (Å²) < 4.78 is 11.1. The summed E-state index contributed by atoms with van der Waals surface area (Å²) in [5, 5.41) is 0. The van der Waals surface area contributed by atoms with Crippen molar-refractivity contribution in [3.05, 3.63) is 12.7 Å². The smallest absolute Gasteiger partial charge is 0.158 e. The maximum Gasteiger partial charge on any atom is 0.158 e. The van der Waals surface area contributed by atoms with Crippen molar-refractivity contribution in [3.63, 3.8) is 0 Å². The molecule has 0 aromatic carbocycles. The molecular formula is C12H22O2. The molecule has 0 aromatic heterocycles. The second kappa shape index (κ2) is 5.52. The highest BCUT2D eigenvalue weighted by Crippen LogP contribution is 2.37. The van der Waals surface area contributed by atoms with Crippen molar-refractivity contribution in [1.82, 2.24) is 0 Å². The fourth-order valence-electron chi connectivity index (χ4n) is 1.95. The summed E-state index contributed by atoms with van der Waals surface area (Å²) in [7, 11) is 0. The lowest BCUT2D eigenvalue weighted by Gasteiger charge is -2.21. The second-order valence-electron chi connectivity index (χ2n) is 4.39. The normalized spacial score (nSPS) is 32.0. The zero-order valence-electron chi connectivity index (χ0n) is 9.42. The van der Waals surface area contributed by atoms with Crippen molar-refractivity contribution in [2.45, 2.75) is 45.8 Å². The molecule has 1 heterocycles. The van der Waals surface area contributed by atoms with E-state index in [2.05, 4.69) is 13.5 Å². The lowest BCUT2D eigenvalue weighted by molar-refractivity contribution is -0.106. The zero-order chi connectivity index (χ0) is 10.4. The molecule has 0 radical (unpaired) electrons. The highest BCUT2D eigenvalue weighted by Gasteiger charge is 2.35. The van der Waals surface area contributed by atoms with E-state index in [1.165, 1.54) is 12.8 Å². The summed E-state index contributed by atoms with van der Waals surface area (Å²) in [4.78, 5) is 0. The van der Waals surface area contributed by atoms with Crippen molar-refractivity contribution in [1.29, 1.82) is 0 Å².